The van der Waals surface area contributed by atoms with Gasteiger partial charge in [0.25, 0.3) is 11.5 Å². The van der Waals surface area contributed by atoms with E-state index in [0.29, 0.717) is 22.2 Å². The van der Waals surface area contributed by atoms with E-state index in [4.69, 9.17) is 21.1 Å². The summed E-state index contributed by atoms with van der Waals surface area (Å²) in [6, 6.07) is 11.0. The van der Waals surface area contributed by atoms with Crippen LogP contribution in [0.1, 0.15) is 10.4 Å². The van der Waals surface area contributed by atoms with Crippen molar-refractivity contribution in [3.05, 3.63) is 80.1 Å². The summed E-state index contributed by atoms with van der Waals surface area (Å²) < 4.78 is 11.2. The molecule has 0 atom stereocenters. The van der Waals surface area contributed by atoms with Crippen molar-refractivity contribution in [2.24, 2.45) is 0 Å². The van der Waals surface area contributed by atoms with Gasteiger partial charge in [-0.2, -0.15) is 0 Å². The highest BCUT2D eigenvalue weighted by atomic mass is 35.5. The van der Waals surface area contributed by atoms with E-state index in [1.54, 1.807) is 24.3 Å². The second kappa shape index (κ2) is 8.01. The Balaban J connectivity index is 2.04. The van der Waals surface area contributed by atoms with Crippen molar-refractivity contribution in [2.45, 2.75) is 0 Å². The molecule has 0 aliphatic carbocycles. The summed E-state index contributed by atoms with van der Waals surface area (Å²) in [6.07, 6.45) is 1.07. The highest BCUT2D eigenvalue weighted by Crippen LogP contribution is 2.28. The first-order valence-corrected chi connectivity index (χ1v) is 8.46. The van der Waals surface area contributed by atoms with Crippen LogP contribution in [-0.4, -0.2) is 29.7 Å². The molecule has 3 aromatic rings. The highest BCUT2D eigenvalue weighted by Gasteiger charge is 2.17. The van der Waals surface area contributed by atoms with Gasteiger partial charge in [-0.15, -0.1) is 0 Å². The Bertz CT molecular complexity index is 1150. The summed E-state index contributed by atoms with van der Waals surface area (Å²) in [6.45, 7) is 0. The van der Waals surface area contributed by atoms with E-state index in [2.05, 4.69) is 10.3 Å². The van der Waals surface area contributed by atoms with Crippen LogP contribution in [0.2, 0.25) is 5.02 Å². The fourth-order valence-corrected chi connectivity index (χ4v) is 2.79. The number of hydrogen-bond acceptors (Lipinski definition) is 5. The molecule has 0 aliphatic heterocycles. The number of nitrogens with one attached hydrogen (secondary N) is 2. The molecule has 0 saturated heterocycles. The van der Waals surface area contributed by atoms with Crippen molar-refractivity contribution in [2.75, 3.05) is 19.5 Å². The minimum Gasteiger partial charge on any atom is -0.493 e. The summed E-state index contributed by atoms with van der Waals surface area (Å²) in [5.74, 6) is 0.0865. The van der Waals surface area contributed by atoms with Gasteiger partial charge >= 0.3 is 5.69 Å². The van der Waals surface area contributed by atoms with Gasteiger partial charge in [0, 0.05) is 23.0 Å². The zero-order valence-electron chi connectivity index (χ0n) is 15.0. The Morgan fingerprint density at radius 2 is 1.82 bits per heavy atom. The van der Waals surface area contributed by atoms with E-state index >= 15 is 0 Å². The predicted molar refractivity (Wildman–Crippen MR) is 105 cm³/mol. The third kappa shape index (κ3) is 3.77. The number of methoxy groups -OCH3 is 2. The van der Waals surface area contributed by atoms with Crippen molar-refractivity contribution in [3.63, 3.8) is 0 Å². The smallest absolute Gasteiger partial charge is 0.333 e. The Kier molecular flexibility index (Phi) is 5.51. The molecule has 144 valence electrons. The maximum atomic E-state index is 12.8. The summed E-state index contributed by atoms with van der Waals surface area (Å²) in [4.78, 5) is 40.0. The van der Waals surface area contributed by atoms with Crippen molar-refractivity contribution in [1.82, 2.24) is 9.55 Å². The molecule has 8 nitrogen and oxygen atoms in total. The average Bonchev–Trinajstić information content (AvgIpc) is 2.67. The lowest BCUT2D eigenvalue weighted by molar-refractivity contribution is 0.102. The Hall–Kier alpha value is -3.52. The number of ether oxygens (including phenoxy) is 2. The monoisotopic (exact) mass is 401 g/mol. The number of aromatic nitrogens is 2. The minimum absolute atomic E-state index is 0.223. The van der Waals surface area contributed by atoms with Gasteiger partial charge in [0.15, 0.2) is 11.5 Å². The summed E-state index contributed by atoms with van der Waals surface area (Å²) in [7, 11) is 2.90. The van der Waals surface area contributed by atoms with Gasteiger partial charge in [0.2, 0.25) is 0 Å². The third-order valence-corrected chi connectivity index (χ3v) is 4.16. The number of anilines is 1. The Morgan fingerprint density at radius 1 is 1.07 bits per heavy atom. The number of hydrogen-bond donors (Lipinski definition) is 2. The molecule has 0 bridgehead atoms. The van der Waals surface area contributed by atoms with Crippen LogP contribution in [0.5, 0.6) is 11.5 Å². The quantitative estimate of drug-likeness (QED) is 0.683. The number of rotatable bonds is 5. The van der Waals surface area contributed by atoms with Crippen LogP contribution in [0.3, 0.4) is 0 Å². The molecule has 2 aromatic carbocycles. The third-order valence-electron chi connectivity index (χ3n) is 3.93. The first kappa shape index (κ1) is 19.2. The topological polar surface area (TPSA) is 102 Å². The number of carbonyl (C=O) groups excluding carboxylic acids is 1. The van der Waals surface area contributed by atoms with Gasteiger partial charge < -0.3 is 19.8 Å². The van der Waals surface area contributed by atoms with Crippen molar-refractivity contribution in [3.8, 4) is 17.2 Å². The second-order valence-corrected chi connectivity index (χ2v) is 6.09. The molecule has 1 heterocycles. The molecule has 1 aromatic heterocycles. The molecule has 0 aliphatic rings. The summed E-state index contributed by atoms with van der Waals surface area (Å²) >= 11 is 5.90. The van der Waals surface area contributed by atoms with Gasteiger partial charge in [-0.3, -0.25) is 9.59 Å². The first-order chi connectivity index (χ1) is 13.4. The van der Waals surface area contributed by atoms with Crippen LogP contribution in [0.25, 0.3) is 5.69 Å². The van der Waals surface area contributed by atoms with E-state index in [9.17, 15) is 14.4 Å². The predicted octanol–water partition coefficient (Wildman–Crippen LogP) is 2.45. The van der Waals surface area contributed by atoms with Gasteiger partial charge in [0.1, 0.15) is 5.56 Å². The number of H-pyrrole nitrogens is 1. The number of aromatic amines is 1. The molecule has 0 unspecified atom stereocenters. The number of nitrogens with zero attached hydrogens (tertiary/aromatic N) is 1. The first-order valence-electron chi connectivity index (χ1n) is 8.08. The van der Waals surface area contributed by atoms with Gasteiger partial charge in [-0.05, 0) is 30.3 Å². The lowest BCUT2D eigenvalue weighted by atomic mass is 10.2. The fourth-order valence-electron chi connectivity index (χ4n) is 2.60. The van der Waals surface area contributed by atoms with Crippen LogP contribution in [-0.2, 0) is 0 Å². The molecule has 0 fully saturated rings. The Labute approximate surface area is 164 Å². The maximum absolute atomic E-state index is 12.8. The number of halogens is 1. The SMILES string of the molecule is COc1ccc(-n2c(=O)[nH]cc(C(=O)Nc3cccc(Cl)c3)c2=O)cc1OC. The molecular formula is C19H16ClN3O5. The van der Waals surface area contributed by atoms with Gasteiger partial charge in [-0.1, -0.05) is 17.7 Å². The van der Waals surface area contributed by atoms with Crippen LogP contribution < -0.4 is 26.0 Å². The van der Waals surface area contributed by atoms with E-state index in [-0.39, 0.29) is 11.3 Å². The summed E-state index contributed by atoms with van der Waals surface area (Å²) in [5, 5.41) is 3.01. The zero-order valence-corrected chi connectivity index (χ0v) is 15.7. The molecular weight excluding hydrogens is 386 g/mol. The molecule has 28 heavy (non-hydrogen) atoms. The molecule has 3 rings (SSSR count). The van der Waals surface area contributed by atoms with Gasteiger partial charge in [0.05, 0.1) is 19.9 Å². The number of amides is 1. The van der Waals surface area contributed by atoms with Crippen molar-refractivity contribution in [1.29, 1.82) is 0 Å². The van der Waals surface area contributed by atoms with Crippen LogP contribution >= 0.6 is 11.6 Å². The lowest BCUT2D eigenvalue weighted by Crippen LogP contribution is -2.38. The minimum atomic E-state index is -0.782. The standard InChI is InChI=1S/C19H16ClN3O5/c1-27-15-7-6-13(9-16(15)28-2)23-18(25)14(10-21-19(23)26)17(24)22-12-5-3-4-11(20)8-12/h3-10H,1-2H3,(H,21,26)(H,22,24). The zero-order chi connectivity index (χ0) is 20.3. The van der Waals surface area contributed by atoms with Crippen LogP contribution in [0.4, 0.5) is 5.69 Å². The van der Waals surface area contributed by atoms with E-state index in [1.807, 2.05) is 0 Å². The molecule has 0 saturated carbocycles. The van der Waals surface area contributed by atoms with E-state index < -0.39 is 17.2 Å². The lowest BCUT2D eigenvalue weighted by Gasteiger charge is -2.11. The average molecular weight is 402 g/mol. The molecule has 0 radical (unpaired) electrons. The molecule has 0 spiro atoms. The number of carbonyl (C=O) groups is 1. The van der Waals surface area contributed by atoms with Crippen molar-refractivity contribution >= 4 is 23.2 Å². The molecule has 2 N–H and O–H groups in total. The van der Waals surface area contributed by atoms with Gasteiger partial charge in [-0.25, -0.2) is 9.36 Å². The number of benzene rings is 2. The fraction of sp³-hybridized carbons (Fsp3) is 0.105. The normalized spacial score (nSPS) is 10.4. The molecule has 1 amide bonds. The second-order valence-electron chi connectivity index (χ2n) is 5.65. The highest BCUT2D eigenvalue weighted by molar-refractivity contribution is 6.30. The maximum Gasteiger partial charge on any atom is 0.333 e. The summed E-state index contributed by atoms with van der Waals surface area (Å²) in [5.41, 5.74) is -1.08. The van der Waals surface area contributed by atoms with E-state index in [0.717, 1.165) is 10.8 Å². The Morgan fingerprint density at radius 3 is 2.50 bits per heavy atom. The van der Waals surface area contributed by atoms with Crippen molar-refractivity contribution < 1.29 is 14.3 Å². The largest absolute Gasteiger partial charge is 0.493 e. The van der Waals surface area contributed by atoms with E-state index in [1.165, 1.54) is 32.4 Å². The van der Waals surface area contributed by atoms with Crippen LogP contribution in [0.15, 0.2) is 58.3 Å². The molecule has 9 heteroatoms. The van der Waals surface area contributed by atoms with Crippen LogP contribution in [0, 0.1) is 0 Å².